The Morgan fingerprint density at radius 3 is 1.90 bits per heavy atom. The lowest BCUT2D eigenvalue weighted by Gasteiger charge is -2.30. The van der Waals surface area contributed by atoms with Crippen molar-refractivity contribution in [2.75, 3.05) is 6.54 Å². The van der Waals surface area contributed by atoms with E-state index in [-0.39, 0.29) is 5.54 Å². The highest BCUT2D eigenvalue weighted by atomic mass is 14.9. The van der Waals surface area contributed by atoms with Crippen molar-refractivity contribution in [1.82, 2.24) is 5.32 Å². The molecule has 1 N–H and O–H groups in total. The summed E-state index contributed by atoms with van der Waals surface area (Å²) in [6, 6.07) is 9.22. The summed E-state index contributed by atoms with van der Waals surface area (Å²) in [5.41, 5.74) is 3.47. The van der Waals surface area contributed by atoms with Gasteiger partial charge in [-0.05, 0) is 62.5 Å². The summed E-state index contributed by atoms with van der Waals surface area (Å²) >= 11 is 0. The van der Waals surface area contributed by atoms with Gasteiger partial charge in [-0.2, -0.15) is 0 Å². The maximum Gasteiger partial charge on any atom is 0.00967 e. The first kappa shape index (κ1) is 18.2. The third-order valence-electron chi connectivity index (χ3n) is 3.85. The Hall–Kier alpha value is -0.820. The fourth-order valence-electron chi connectivity index (χ4n) is 2.39. The van der Waals surface area contributed by atoms with E-state index in [1.807, 2.05) is 0 Å². The molecule has 0 fully saturated rings. The van der Waals surface area contributed by atoms with E-state index in [1.54, 1.807) is 0 Å². The van der Waals surface area contributed by atoms with Crippen LogP contribution < -0.4 is 5.32 Å². The Bertz CT molecular complexity index is 406. The van der Waals surface area contributed by atoms with Crippen LogP contribution in [0.4, 0.5) is 0 Å². The zero-order chi connectivity index (χ0) is 16.1. The van der Waals surface area contributed by atoms with E-state index in [2.05, 4.69) is 78.0 Å². The van der Waals surface area contributed by atoms with Crippen LogP contribution in [0.25, 0.3) is 0 Å². The molecule has 0 atom stereocenters. The van der Waals surface area contributed by atoms with Crippen LogP contribution in [0.3, 0.4) is 0 Å². The van der Waals surface area contributed by atoms with E-state index in [0.29, 0.717) is 5.41 Å². The van der Waals surface area contributed by atoms with Crippen molar-refractivity contribution >= 4 is 0 Å². The third-order valence-corrected chi connectivity index (χ3v) is 3.85. The van der Waals surface area contributed by atoms with Crippen molar-refractivity contribution in [3.8, 4) is 0 Å². The van der Waals surface area contributed by atoms with Gasteiger partial charge in [0.2, 0.25) is 0 Å². The second-order valence-corrected chi connectivity index (χ2v) is 8.68. The standard InChI is InChI=1S/C20H35N/c1-16(2)14-18-10-8-17(9-11-18)12-13-20(6,7)15-21-19(3,4)5/h8-11,16,21H,12-15H2,1-7H3. The molecule has 21 heavy (non-hydrogen) atoms. The molecule has 120 valence electrons. The molecule has 0 aliphatic heterocycles. The van der Waals surface area contributed by atoms with Gasteiger partial charge in [-0.3, -0.25) is 0 Å². The van der Waals surface area contributed by atoms with Gasteiger partial charge in [0.25, 0.3) is 0 Å². The first-order chi connectivity index (χ1) is 9.57. The molecule has 0 saturated carbocycles. The van der Waals surface area contributed by atoms with Crippen LogP contribution in [0.1, 0.15) is 66.0 Å². The van der Waals surface area contributed by atoms with Gasteiger partial charge in [0.1, 0.15) is 0 Å². The second kappa shape index (κ2) is 7.45. The molecule has 1 aromatic rings. The third kappa shape index (κ3) is 8.26. The van der Waals surface area contributed by atoms with Gasteiger partial charge in [0.05, 0.1) is 0 Å². The molecule has 0 amide bonds. The second-order valence-electron chi connectivity index (χ2n) is 8.68. The molecule has 1 aromatic carbocycles. The number of rotatable bonds is 7. The van der Waals surface area contributed by atoms with E-state index in [1.165, 1.54) is 30.4 Å². The molecule has 0 bridgehead atoms. The van der Waals surface area contributed by atoms with Crippen LogP contribution in [0.2, 0.25) is 0 Å². The van der Waals surface area contributed by atoms with E-state index in [4.69, 9.17) is 0 Å². The van der Waals surface area contributed by atoms with E-state index in [9.17, 15) is 0 Å². The molecule has 0 spiro atoms. The Kier molecular flexibility index (Phi) is 6.46. The minimum Gasteiger partial charge on any atom is -0.312 e. The van der Waals surface area contributed by atoms with Crippen LogP contribution in [-0.2, 0) is 12.8 Å². The normalized spacial score (nSPS) is 13.0. The van der Waals surface area contributed by atoms with Gasteiger partial charge in [-0.25, -0.2) is 0 Å². The van der Waals surface area contributed by atoms with Crippen LogP contribution in [0.15, 0.2) is 24.3 Å². The quantitative estimate of drug-likeness (QED) is 0.724. The van der Waals surface area contributed by atoms with Crippen molar-refractivity contribution in [2.45, 2.75) is 73.3 Å². The van der Waals surface area contributed by atoms with Crippen LogP contribution in [0.5, 0.6) is 0 Å². The molecule has 0 saturated heterocycles. The average Bonchev–Trinajstić information content (AvgIpc) is 2.35. The molecule has 0 aliphatic carbocycles. The molecular weight excluding hydrogens is 254 g/mol. The maximum atomic E-state index is 3.63. The number of benzene rings is 1. The Morgan fingerprint density at radius 2 is 1.43 bits per heavy atom. The molecule has 0 radical (unpaired) electrons. The Morgan fingerprint density at radius 1 is 0.905 bits per heavy atom. The maximum absolute atomic E-state index is 3.63. The molecule has 1 rings (SSSR count). The molecule has 0 aliphatic rings. The summed E-state index contributed by atoms with van der Waals surface area (Å²) in [4.78, 5) is 0. The lowest BCUT2D eigenvalue weighted by atomic mass is 9.85. The van der Waals surface area contributed by atoms with Crippen molar-refractivity contribution < 1.29 is 0 Å². The van der Waals surface area contributed by atoms with Crippen LogP contribution in [0, 0.1) is 11.3 Å². The van der Waals surface area contributed by atoms with Gasteiger partial charge < -0.3 is 5.32 Å². The van der Waals surface area contributed by atoms with E-state index >= 15 is 0 Å². The number of hydrogen-bond acceptors (Lipinski definition) is 1. The molecular formula is C20H35N. The fraction of sp³-hybridized carbons (Fsp3) is 0.700. The van der Waals surface area contributed by atoms with Gasteiger partial charge >= 0.3 is 0 Å². The van der Waals surface area contributed by atoms with Gasteiger partial charge in [0, 0.05) is 12.1 Å². The first-order valence-corrected chi connectivity index (χ1v) is 8.40. The summed E-state index contributed by atoms with van der Waals surface area (Å²) in [5.74, 6) is 0.734. The van der Waals surface area contributed by atoms with E-state index < -0.39 is 0 Å². The van der Waals surface area contributed by atoms with Crippen LogP contribution in [-0.4, -0.2) is 12.1 Å². The topological polar surface area (TPSA) is 12.0 Å². The molecule has 0 aromatic heterocycles. The first-order valence-electron chi connectivity index (χ1n) is 8.40. The number of nitrogens with one attached hydrogen (secondary N) is 1. The van der Waals surface area contributed by atoms with Crippen molar-refractivity contribution in [2.24, 2.45) is 11.3 Å². The lowest BCUT2D eigenvalue weighted by molar-refractivity contribution is 0.273. The van der Waals surface area contributed by atoms with Crippen LogP contribution >= 0.6 is 0 Å². The van der Waals surface area contributed by atoms with Gasteiger partial charge in [0.15, 0.2) is 0 Å². The minimum atomic E-state index is 0.204. The summed E-state index contributed by atoms with van der Waals surface area (Å²) in [6.45, 7) is 17.0. The van der Waals surface area contributed by atoms with Gasteiger partial charge in [-0.1, -0.05) is 52.0 Å². The van der Waals surface area contributed by atoms with Crippen molar-refractivity contribution in [1.29, 1.82) is 0 Å². The van der Waals surface area contributed by atoms with Gasteiger partial charge in [-0.15, -0.1) is 0 Å². The Labute approximate surface area is 132 Å². The highest BCUT2D eigenvalue weighted by molar-refractivity contribution is 5.23. The molecule has 1 heteroatoms. The highest BCUT2D eigenvalue weighted by Crippen LogP contribution is 2.23. The predicted octanol–water partition coefficient (Wildman–Crippen LogP) is 5.23. The number of aryl methyl sites for hydroxylation is 1. The lowest BCUT2D eigenvalue weighted by Crippen LogP contribution is -2.42. The highest BCUT2D eigenvalue weighted by Gasteiger charge is 2.20. The zero-order valence-corrected chi connectivity index (χ0v) is 15.2. The minimum absolute atomic E-state index is 0.204. The fourth-order valence-corrected chi connectivity index (χ4v) is 2.39. The largest absolute Gasteiger partial charge is 0.312 e. The monoisotopic (exact) mass is 289 g/mol. The summed E-state index contributed by atoms with van der Waals surface area (Å²) in [6.07, 6.45) is 3.57. The predicted molar refractivity (Wildman–Crippen MR) is 94.8 cm³/mol. The average molecular weight is 290 g/mol. The zero-order valence-electron chi connectivity index (χ0n) is 15.2. The molecule has 0 unspecified atom stereocenters. The van der Waals surface area contributed by atoms with Crippen molar-refractivity contribution in [3.05, 3.63) is 35.4 Å². The van der Waals surface area contributed by atoms with Crippen molar-refractivity contribution in [3.63, 3.8) is 0 Å². The Balaban J connectivity index is 2.46. The summed E-state index contributed by atoms with van der Waals surface area (Å²) in [7, 11) is 0. The summed E-state index contributed by atoms with van der Waals surface area (Å²) < 4.78 is 0. The number of hydrogen-bond donors (Lipinski definition) is 1. The molecule has 0 heterocycles. The molecule has 1 nitrogen and oxygen atoms in total. The SMILES string of the molecule is CC(C)Cc1ccc(CCC(C)(C)CNC(C)(C)C)cc1. The smallest absolute Gasteiger partial charge is 0.00967 e. The summed E-state index contributed by atoms with van der Waals surface area (Å²) in [5, 5.41) is 3.63. The van der Waals surface area contributed by atoms with E-state index in [0.717, 1.165) is 12.5 Å².